The van der Waals surface area contributed by atoms with Crippen molar-refractivity contribution in [1.82, 2.24) is 5.32 Å². The Morgan fingerprint density at radius 1 is 1.09 bits per heavy atom. The van der Waals surface area contributed by atoms with Crippen molar-refractivity contribution in [3.8, 4) is 0 Å². The number of ether oxygens (including phenoxy) is 5. The lowest BCUT2D eigenvalue weighted by atomic mass is 9.95. The molecule has 2 heterocycles. The van der Waals surface area contributed by atoms with Crippen LogP contribution in [0.5, 0.6) is 0 Å². The molecule has 32 heavy (non-hydrogen) atoms. The Hall–Kier alpha value is -2.55. The third-order valence-corrected chi connectivity index (χ3v) is 5.44. The molecule has 0 aliphatic carbocycles. The number of fused-ring (bicyclic) bond motifs is 1. The van der Waals surface area contributed by atoms with Gasteiger partial charge in [-0.05, 0) is 5.56 Å². The lowest BCUT2D eigenvalue weighted by molar-refractivity contribution is -0.349. The summed E-state index contributed by atoms with van der Waals surface area (Å²) in [5, 5.41) is 2.95. The Balaban J connectivity index is 1.55. The molecule has 2 saturated heterocycles. The van der Waals surface area contributed by atoms with Crippen LogP contribution < -0.4 is 5.32 Å². The van der Waals surface area contributed by atoms with Crippen LogP contribution in [-0.4, -0.2) is 49.8 Å². The molecular weight excluding hydrogens is 410 g/mol. The summed E-state index contributed by atoms with van der Waals surface area (Å²) in [4.78, 5) is 12.0. The van der Waals surface area contributed by atoms with Crippen LogP contribution >= 0.6 is 0 Å². The molecule has 7 heteroatoms. The van der Waals surface area contributed by atoms with Gasteiger partial charge in [-0.15, -0.1) is 6.58 Å². The smallest absolute Gasteiger partial charge is 0.217 e. The summed E-state index contributed by atoms with van der Waals surface area (Å²) in [6.07, 6.45) is -0.973. The van der Waals surface area contributed by atoms with Gasteiger partial charge in [-0.1, -0.05) is 66.7 Å². The minimum Gasteiger partial charge on any atom is -0.369 e. The van der Waals surface area contributed by atoms with Crippen molar-refractivity contribution in [1.29, 1.82) is 0 Å². The van der Waals surface area contributed by atoms with Gasteiger partial charge in [-0.25, -0.2) is 0 Å². The van der Waals surface area contributed by atoms with E-state index in [1.807, 2.05) is 60.7 Å². The molecule has 2 aromatic carbocycles. The standard InChI is InChI=1S/C25H29NO6/c1-3-14-28-23-21(26-17(2)27)25(29-15-18-10-6-4-7-11-18)31-20-16-30-24(32-22(20)23)19-12-8-5-9-13-19/h3-13,20-25H,1,14-16H2,2H3,(H,26,27)/t20-,21-,22-,23-,24+,25+/m1/s1. The molecule has 2 fully saturated rings. The highest BCUT2D eigenvalue weighted by Gasteiger charge is 2.51. The second-order valence-corrected chi connectivity index (χ2v) is 7.83. The predicted octanol–water partition coefficient (Wildman–Crippen LogP) is 3.12. The third kappa shape index (κ3) is 5.43. The summed E-state index contributed by atoms with van der Waals surface area (Å²) in [6.45, 7) is 6.16. The Labute approximate surface area is 188 Å². The topological polar surface area (TPSA) is 75.3 Å². The molecule has 4 rings (SSSR count). The van der Waals surface area contributed by atoms with E-state index in [1.54, 1.807) is 6.08 Å². The molecule has 0 spiro atoms. The number of hydrogen-bond acceptors (Lipinski definition) is 6. The zero-order chi connectivity index (χ0) is 22.3. The van der Waals surface area contributed by atoms with Crippen LogP contribution in [0.25, 0.3) is 0 Å². The van der Waals surface area contributed by atoms with Crippen LogP contribution in [0.4, 0.5) is 0 Å². The average Bonchev–Trinajstić information content (AvgIpc) is 2.82. The minimum absolute atomic E-state index is 0.204. The zero-order valence-electron chi connectivity index (χ0n) is 18.1. The molecule has 0 radical (unpaired) electrons. The van der Waals surface area contributed by atoms with E-state index in [4.69, 9.17) is 23.7 Å². The SMILES string of the molecule is C=CCO[C@@H]1[C@@H](NC(C)=O)[C@@H](OCc2ccccc2)O[C@@H]2CO[C@H](c3ccccc3)O[C@@H]12. The van der Waals surface area contributed by atoms with Crippen LogP contribution in [0.3, 0.4) is 0 Å². The quantitative estimate of drug-likeness (QED) is 0.637. The van der Waals surface area contributed by atoms with Gasteiger partial charge in [0, 0.05) is 12.5 Å². The number of carbonyl (C=O) groups excluding carboxylic acids is 1. The van der Waals surface area contributed by atoms with E-state index in [-0.39, 0.29) is 5.91 Å². The number of nitrogens with one attached hydrogen (secondary N) is 1. The maximum atomic E-state index is 12.0. The zero-order valence-corrected chi connectivity index (χ0v) is 18.1. The number of hydrogen-bond donors (Lipinski definition) is 1. The number of rotatable bonds is 8. The second kappa shape index (κ2) is 10.8. The second-order valence-electron chi connectivity index (χ2n) is 7.83. The molecule has 2 aliphatic rings. The van der Waals surface area contributed by atoms with Gasteiger partial charge in [0.05, 0.1) is 19.8 Å². The van der Waals surface area contributed by atoms with Crippen molar-refractivity contribution in [3.05, 3.63) is 84.4 Å². The summed E-state index contributed by atoms with van der Waals surface area (Å²) in [5.41, 5.74) is 1.91. The van der Waals surface area contributed by atoms with Gasteiger partial charge in [0.25, 0.3) is 0 Å². The Morgan fingerprint density at radius 2 is 1.81 bits per heavy atom. The fourth-order valence-corrected chi connectivity index (χ4v) is 4.01. The summed E-state index contributed by atoms with van der Waals surface area (Å²) in [5.74, 6) is -0.204. The summed E-state index contributed by atoms with van der Waals surface area (Å²) in [7, 11) is 0. The summed E-state index contributed by atoms with van der Waals surface area (Å²) < 4.78 is 30.7. The van der Waals surface area contributed by atoms with E-state index in [1.165, 1.54) is 6.92 Å². The van der Waals surface area contributed by atoms with E-state index in [0.29, 0.717) is 19.8 Å². The average molecular weight is 440 g/mol. The van der Waals surface area contributed by atoms with Gasteiger partial charge in [-0.2, -0.15) is 0 Å². The molecule has 1 amide bonds. The highest BCUT2D eigenvalue weighted by molar-refractivity contribution is 5.73. The van der Waals surface area contributed by atoms with Crippen molar-refractivity contribution >= 4 is 5.91 Å². The van der Waals surface area contributed by atoms with Gasteiger partial charge in [0.15, 0.2) is 12.6 Å². The molecule has 0 bridgehead atoms. The van der Waals surface area contributed by atoms with Crippen LogP contribution in [-0.2, 0) is 35.1 Å². The first kappa shape index (κ1) is 22.6. The van der Waals surface area contributed by atoms with Gasteiger partial charge in [0.2, 0.25) is 5.91 Å². The Bertz CT molecular complexity index is 877. The number of amides is 1. The molecule has 0 unspecified atom stereocenters. The fraction of sp³-hybridized carbons (Fsp3) is 0.400. The van der Waals surface area contributed by atoms with Gasteiger partial charge in [-0.3, -0.25) is 4.79 Å². The molecule has 1 N–H and O–H groups in total. The van der Waals surface area contributed by atoms with Crippen LogP contribution in [0.2, 0.25) is 0 Å². The predicted molar refractivity (Wildman–Crippen MR) is 117 cm³/mol. The van der Waals surface area contributed by atoms with Crippen molar-refractivity contribution < 1.29 is 28.5 Å². The van der Waals surface area contributed by atoms with Crippen molar-refractivity contribution in [2.45, 2.75) is 50.5 Å². The largest absolute Gasteiger partial charge is 0.369 e. The molecule has 6 atom stereocenters. The maximum absolute atomic E-state index is 12.0. The van der Waals surface area contributed by atoms with E-state index in [0.717, 1.165) is 11.1 Å². The monoisotopic (exact) mass is 439 g/mol. The van der Waals surface area contributed by atoms with Gasteiger partial charge in [0.1, 0.15) is 24.4 Å². The van der Waals surface area contributed by atoms with E-state index in [2.05, 4.69) is 11.9 Å². The van der Waals surface area contributed by atoms with E-state index < -0.39 is 36.9 Å². The first-order chi connectivity index (χ1) is 15.7. The van der Waals surface area contributed by atoms with E-state index in [9.17, 15) is 4.79 Å². The third-order valence-electron chi connectivity index (χ3n) is 5.44. The summed E-state index contributed by atoms with van der Waals surface area (Å²) >= 11 is 0. The lowest BCUT2D eigenvalue weighted by Crippen LogP contribution is -2.67. The summed E-state index contributed by atoms with van der Waals surface area (Å²) in [6, 6.07) is 18.9. The van der Waals surface area contributed by atoms with Crippen molar-refractivity contribution in [2.24, 2.45) is 0 Å². The first-order valence-corrected chi connectivity index (χ1v) is 10.8. The molecule has 0 aromatic heterocycles. The fourth-order valence-electron chi connectivity index (χ4n) is 4.01. The molecule has 2 aromatic rings. The molecule has 2 aliphatic heterocycles. The van der Waals surface area contributed by atoms with Crippen LogP contribution in [0.1, 0.15) is 24.3 Å². The number of benzene rings is 2. The highest BCUT2D eigenvalue weighted by atomic mass is 16.7. The minimum atomic E-state index is -0.726. The maximum Gasteiger partial charge on any atom is 0.217 e. The Kier molecular flexibility index (Phi) is 7.68. The first-order valence-electron chi connectivity index (χ1n) is 10.8. The van der Waals surface area contributed by atoms with Gasteiger partial charge >= 0.3 is 0 Å². The Morgan fingerprint density at radius 3 is 2.50 bits per heavy atom. The molecular formula is C25H29NO6. The lowest BCUT2D eigenvalue weighted by Gasteiger charge is -2.49. The molecule has 170 valence electrons. The van der Waals surface area contributed by atoms with Crippen LogP contribution in [0.15, 0.2) is 73.3 Å². The normalized spacial score (nSPS) is 29.7. The molecule has 0 saturated carbocycles. The van der Waals surface area contributed by atoms with E-state index >= 15 is 0 Å². The van der Waals surface area contributed by atoms with Crippen molar-refractivity contribution in [3.63, 3.8) is 0 Å². The molecule has 7 nitrogen and oxygen atoms in total. The van der Waals surface area contributed by atoms with Crippen molar-refractivity contribution in [2.75, 3.05) is 13.2 Å². The van der Waals surface area contributed by atoms with Gasteiger partial charge < -0.3 is 29.0 Å². The highest BCUT2D eigenvalue weighted by Crippen LogP contribution is 2.35. The van der Waals surface area contributed by atoms with Crippen LogP contribution in [0, 0.1) is 0 Å². The number of carbonyl (C=O) groups is 1.